The molecule has 0 aliphatic carbocycles. The lowest BCUT2D eigenvalue weighted by Gasteiger charge is -2.28. The van der Waals surface area contributed by atoms with Crippen molar-refractivity contribution < 1.29 is 19.3 Å². The van der Waals surface area contributed by atoms with E-state index in [-0.39, 0.29) is 6.10 Å². The Labute approximate surface area is 101 Å². The van der Waals surface area contributed by atoms with Gasteiger partial charge in [-0.15, -0.1) is 0 Å². The molecule has 2 rings (SSSR count). The van der Waals surface area contributed by atoms with Gasteiger partial charge in [0.1, 0.15) is 17.6 Å². The summed E-state index contributed by atoms with van der Waals surface area (Å²) in [6.07, 6.45) is -0.129. The molecule has 1 aliphatic rings. The average Bonchev–Trinajstić information content (AvgIpc) is 2.33. The minimum atomic E-state index is -0.459. The van der Waals surface area contributed by atoms with Crippen LogP contribution in [0.4, 0.5) is 0 Å². The smallest absolute Gasteiger partial charge is 0.148 e. The minimum Gasteiger partial charge on any atom is -0.494 e. The highest BCUT2D eigenvalue weighted by atomic mass is 16.5. The normalized spacial score (nSPS) is 24.4. The van der Waals surface area contributed by atoms with Gasteiger partial charge in [-0.2, -0.15) is 0 Å². The van der Waals surface area contributed by atoms with Gasteiger partial charge in [-0.25, -0.2) is 0 Å². The van der Waals surface area contributed by atoms with Gasteiger partial charge in [-0.3, -0.25) is 0 Å². The van der Waals surface area contributed by atoms with Crippen LogP contribution in [-0.2, 0) is 4.74 Å². The van der Waals surface area contributed by atoms with E-state index in [2.05, 4.69) is 0 Å². The topological polar surface area (TPSA) is 47.9 Å². The fourth-order valence-corrected chi connectivity index (χ4v) is 1.79. The Morgan fingerprint density at radius 2 is 2.24 bits per heavy atom. The summed E-state index contributed by atoms with van der Waals surface area (Å²) in [6, 6.07) is 7.43. The average molecular weight is 238 g/mol. The Bertz CT molecular complexity index is 353. The van der Waals surface area contributed by atoms with E-state index >= 15 is 0 Å². The van der Waals surface area contributed by atoms with Crippen LogP contribution in [-0.4, -0.2) is 37.1 Å². The summed E-state index contributed by atoms with van der Waals surface area (Å²) in [6.45, 7) is 3.59. The summed E-state index contributed by atoms with van der Waals surface area (Å²) < 4.78 is 16.4. The second-order valence-corrected chi connectivity index (χ2v) is 4.00. The zero-order valence-electron chi connectivity index (χ0n) is 9.96. The first-order chi connectivity index (χ1) is 8.29. The molecular formula is C13H18O4. The first-order valence-corrected chi connectivity index (χ1v) is 5.95. The van der Waals surface area contributed by atoms with Crippen LogP contribution < -0.4 is 9.47 Å². The number of hydrogen-bond donors (Lipinski definition) is 1. The van der Waals surface area contributed by atoms with Crippen LogP contribution in [0.2, 0.25) is 0 Å². The number of benzene rings is 1. The Balaban J connectivity index is 1.99. The molecule has 4 heteroatoms. The van der Waals surface area contributed by atoms with Crippen LogP contribution in [0.3, 0.4) is 0 Å². The Kier molecular flexibility index (Phi) is 4.23. The summed E-state index contributed by atoms with van der Waals surface area (Å²) >= 11 is 0. The van der Waals surface area contributed by atoms with Gasteiger partial charge in [0.25, 0.3) is 0 Å². The van der Waals surface area contributed by atoms with Crippen molar-refractivity contribution in [3.05, 3.63) is 24.3 Å². The zero-order chi connectivity index (χ0) is 12.1. The molecular weight excluding hydrogens is 220 g/mol. The van der Waals surface area contributed by atoms with Crippen LogP contribution >= 0.6 is 0 Å². The largest absolute Gasteiger partial charge is 0.494 e. The Hall–Kier alpha value is -1.26. The van der Waals surface area contributed by atoms with Crippen LogP contribution in [0.15, 0.2) is 24.3 Å². The molecule has 17 heavy (non-hydrogen) atoms. The lowest BCUT2D eigenvalue weighted by molar-refractivity contribution is -0.0735. The predicted molar refractivity (Wildman–Crippen MR) is 63.5 cm³/mol. The van der Waals surface area contributed by atoms with Crippen molar-refractivity contribution in [3.63, 3.8) is 0 Å². The molecule has 0 saturated carbocycles. The molecule has 4 nitrogen and oxygen atoms in total. The van der Waals surface area contributed by atoms with E-state index in [1.54, 1.807) is 0 Å². The third-order valence-electron chi connectivity index (χ3n) is 2.67. The van der Waals surface area contributed by atoms with E-state index < -0.39 is 6.10 Å². The summed E-state index contributed by atoms with van der Waals surface area (Å²) in [5.41, 5.74) is 0. The fourth-order valence-electron chi connectivity index (χ4n) is 1.79. The number of aliphatic hydroxyl groups is 1. The zero-order valence-corrected chi connectivity index (χ0v) is 9.96. The van der Waals surface area contributed by atoms with Gasteiger partial charge in [0.2, 0.25) is 0 Å². The van der Waals surface area contributed by atoms with E-state index in [1.165, 1.54) is 0 Å². The van der Waals surface area contributed by atoms with Crippen LogP contribution in [0.25, 0.3) is 0 Å². The highest BCUT2D eigenvalue weighted by Gasteiger charge is 2.25. The maximum Gasteiger partial charge on any atom is 0.148 e. The van der Waals surface area contributed by atoms with Gasteiger partial charge in [-0.1, -0.05) is 6.07 Å². The van der Waals surface area contributed by atoms with E-state index in [4.69, 9.17) is 14.2 Å². The van der Waals surface area contributed by atoms with Gasteiger partial charge in [-0.05, 0) is 19.1 Å². The first-order valence-electron chi connectivity index (χ1n) is 5.95. The molecule has 2 unspecified atom stereocenters. The molecule has 1 heterocycles. The van der Waals surface area contributed by atoms with Crippen molar-refractivity contribution in [2.75, 3.05) is 19.8 Å². The maximum absolute atomic E-state index is 9.77. The van der Waals surface area contributed by atoms with Gasteiger partial charge in [0, 0.05) is 19.1 Å². The molecule has 1 N–H and O–H groups in total. The Morgan fingerprint density at radius 3 is 3.00 bits per heavy atom. The molecule has 1 aromatic rings. The molecule has 1 aliphatic heterocycles. The summed E-state index contributed by atoms with van der Waals surface area (Å²) in [5, 5.41) is 9.77. The van der Waals surface area contributed by atoms with E-state index in [0.717, 1.165) is 5.75 Å². The van der Waals surface area contributed by atoms with Gasteiger partial charge >= 0.3 is 0 Å². The molecule has 0 amide bonds. The SMILES string of the molecule is CCOc1cccc(OC2COCCC2O)c1. The Morgan fingerprint density at radius 1 is 1.41 bits per heavy atom. The standard InChI is InChI=1S/C13H18O4/c1-2-16-10-4-3-5-11(8-10)17-13-9-15-7-6-12(13)14/h3-5,8,12-14H,2,6-7,9H2,1H3. The van der Waals surface area contributed by atoms with Crippen LogP contribution in [0.5, 0.6) is 11.5 Å². The maximum atomic E-state index is 9.77. The van der Waals surface area contributed by atoms with Crippen LogP contribution in [0, 0.1) is 0 Å². The third kappa shape index (κ3) is 3.35. The fraction of sp³-hybridized carbons (Fsp3) is 0.538. The first kappa shape index (κ1) is 12.2. The monoisotopic (exact) mass is 238 g/mol. The summed E-state index contributed by atoms with van der Waals surface area (Å²) in [4.78, 5) is 0. The lowest BCUT2D eigenvalue weighted by Crippen LogP contribution is -2.40. The molecule has 1 fully saturated rings. The lowest BCUT2D eigenvalue weighted by atomic mass is 10.1. The molecule has 1 saturated heterocycles. The number of aliphatic hydroxyl groups excluding tert-OH is 1. The van der Waals surface area contributed by atoms with E-state index in [0.29, 0.717) is 32.0 Å². The van der Waals surface area contributed by atoms with Gasteiger partial charge in [0.15, 0.2) is 0 Å². The van der Waals surface area contributed by atoms with Crippen molar-refractivity contribution in [1.82, 2.24) is 0 Å². The van der Waals surface area contributed by atoms with Crippen LogP contribution in [0.1, 0.15) is 13.3 Å². The second kappa shape index (κ2) is 5.89. The van der Waals surface area contributed by atoms with Gasteiger partial charge in [0.05, 0.1) is 19.3 Å². The number of hydrogen-bond acceptors (Lipinski definition) is 4. The molecule has 1 aromatic carbocycles. The van der Waals surface area contributed by atoms with Gasteiger partial charge < -0.3 is 19.3 Å². The van der Waals surface area contributed by atoms with Crippen molar-refractivity contribution in [3.8, 4) is 11.5 Å². The summed E-state index contributed by atoms with van der Waals surface area (Å²) in [5.74, 6) is 1.47. The highest BCUT2D eigenvalue weighted by molar-refractivity contribution is 5.33. The van der Waals surface area contributed by atoms with Crippen molar-refractivity contribution in [2.45, 2.75) is 25.6 Å². The molecule has 2 atom stereocenters. The van der Waals surface area contributed by atoms with Crippen molar-refractivity contribution >= 4 is 0 Å². The number of ether oxygens (including phenoxy) is 3. The van der Waals surface area contributed by atoms with Crippen molar-refractivity contribution in [2.24, 2.45) is 0 Å². The van der Waals surface area contributed by atoms with Crippen molar-refractivity contribution in [1.29, 1.82) is 0 Å². The quantitative estimate of drug-likeness (QED) is 0.865. The van der Waals surface area contributed by atoms with E-state index in [9.17, 15) is 5.11 Å². The highest BCUT2D eigenvalue weighted by Crippen LogP contribution is 2.22. The molecule has 0 bridgehead atoms. The molecule has 0 radical (unpaired) electrons. The molecule has 0 aromatic heterocycles. The third-order valence-corrected chi connectivity index (χ3v) is 2.67. The van der Waals surface area contributed by atoms with E-state index in [1.807, 2.05) is 31.2 Å². The molecule has 0 spiro atoms. The summed E-state index contributed by atoms with van der Waals surface area (Å²) in [7, 11) is 0. The second-order valence-electron chi connectivity index (χ2n) is 4.00. The number of rotatable bonds is 4. The predicted octanol–water partition coefficient (Wildman–Crippen LogP) is 1.61. The minimum absolute atomic E-state index is 0.291. The molecule has 94 valence electrons.